The molecule has 1 nitrogen and oxygen atoms in total. The summed E-state index contributed by atoms with van der Waals surface area (Å²) in [5.41, 5.74) is 0. The minimum atomic E-state index is -0.0927. The zero-order valence-corrected chi connectivity index (χ0v) is 9.01. The van der Waals surface area contributed by atoms with Crippen molar-refractivity contribution in [1.82, 2.24) is 0 Å². The maximum Gasteiger partial charge on any atom is 0.0591 e. The summed E-state index contributed by atoms with van der Waals surface area (Å²) in [6.45, 7) is 8.58. The first-order chi connectivity index (χ1) is 5.63. The molecular weight excluding hydrogens is 148 g/mol. The third-order valence-electron chi connectivity index (χ3n) is 2.48. The van der Waals surface area contributed by atoms with Crippen molar-refractivity contribution in [3.05, 3.63) is 0 Å². The molecule has 0 aromatic rings. The molecule has 0 aliphatic heterocycles. The zero-order valence-electron chi connectivity index (χ0n) is 9.01. The van der Waals surface area contributed by atoms with Crippen molar-refractivity contribution in [2.24, 2.45) is 11.8 Å². The molecule has 1 heteroatoms. The van der Waals surface area contributed by atoms with Crippen LogP contribution >= 0.6 is 0 Å². The Morgan fingerprint density at radius 2 is 1.42 bits per heavy atom. The lowest BCUT2D eigenvalue weighted by Gasteiger charge is -2.25. The molecule has 1 atom stereocenters. The SMILES string of the molecule is CCCC(CCC)C(O)C(C)C. The summed E-state index contributed by atoms with van der Waals surface area (Å²) >= 11 is 0. The summed E-state index contributed by atoms with van der Waals surface area (Å²) in [6.07, 6.45) is 4.63. The van der Waals surface area contributed by atoms with Crippen LogP contribution in [0.2, 0.25) is 0 Å². The van der Waals surface area contributed by atoms with Crippen LogP contribution in [-0.4, -0.2) is 11.2 Å². The van der Waals surface area contributed by atoms with Gasteiger partial charge < -0.3 is 5.11 Å². The number of rotatable bonds is 6. The molecule has 1 unspecified atom stereocenters. The number of hydrogen-bond acceptors (Lipinski definition) is 1. The van der Waals surface area contributed by atoms with Gasteiger partial charge in [-0.05, 0) is 24.7 Å². The molecule has 0 aromatic heterocycles. The van der Waals surface area contributed by atoms with Gasteiger partial charge in [0.05, 0.1) is 6.10 Å². The second kappa shape index (κ2) is 6.47. The van der Waals surface area contributed by atoms with Crippen LogP contribution < -0.4 is 0 Å². The first-order valence-corrected chi connectivity index (χ1v) is 5.31. The van der Waals surface area contributed by atoms with Crippen LogP contribution in [0.15, 0.2) is 0 Å². The van der Waals surface area contributed by atoms with E-state index in [2.05, 4.69) is 27.7 Å². The van der Waals surface area contributed by atoms with Crippen LogP contribution in [0.4, 0.5) is 0 Å². The summed E-state index contributed by atoms with van der Waals surface area (Å²) in [5.74, 6) is 0.938. The van der Waals surface area contributed by atoms with Gasteiger partial charge in [-0.3, -0.25) is 0 Å². The van der Waals surface area contributed by atoms with Crippen LogP contribution in [0, 0.1) is 11.8 Å². The van der Waals surface area contributed by atoms with Crippen molar-refractivity contribution >= 4 is 0 Å². The second-order valence-corrected chi connectivity index (χ2v) is 4.07. The van der Waals surface area contributed by atoms with E-state index in [0.29, 0.717) is 11.8 Å². The van der Waals surface area contributed by atoms with Gasteiger partial charge in [-0.1, -0.05) is 40.5 Å². The monoisotopic (exact) mass is 172 g/mol. The molecule has 0 saturated heterocycles. The molecular formula is C11H24O. The minimum Gasteiger partial charge on any atom is -0.393 e. The first kappa shape index (κ1) is 12.0. The number of hydrogen-bond donors (Lipinski definition) is 1. The summed E-state index contributed by atoms with van der Waals surface area (Å²) in [6, 6.07) is 0. The lowest BCUT2D eigenvalue weighted by molar-refractivity contribution is 0.0553. The Morgan fingerprint density at radius 1 is 1.00 bits per heavy atom. The average Bonchev–Trinajstić information content (AvgIpc) is 2.03. The highest BCUT2D eigenvalue weighted by molar-refractivity contribution is 4.70. The summed E-state index contributed by atoms with van der Waals surface area (Å²) in [4.78, 5) is 0. The van der Waals surface area contributed by atoms with Gasteiger partial charge in [-0.2, -0.15) is 0 Å². The van der Waals surface area contributed by atoms with Gasteiger partial charge in [0, 0.05) is 0 Å². The molecule has 0 aromatic carbocycles. The molecule has 0 rings (SSSR count). The van der Waals surface area contributed by atoms with Crippen LogP contribution in [0.3, 0.4) is 0 Å². The van der Waals surface area contributed by atoms with E-state index in [-0.39, 0.29) is 6.10 Å². The maximum absolute atomic E-state index is 9.85. The molecule has 0 saturated carbocycles. The highest BCUT2D eigenvalue weighted by Crippen LogP contribution is 2.22. The smallest absolute Gasteiger partial charge is 0.0591 e. The fourth-order valence-corrected chi connectivity index (χ4v) is 1.77. The molecule has 0 bridgehead atoms. The lowest BCUT2D eigenvalue weighted by atomic mass is 9.86. The summed E-state index contributed by atoms with van der Waals surface area (Å²) < 4.78 is 0. The Hall–Kier alpha value is -0.0400. The largest absolute Gasteiger partial charge is 0.393 e. The molecule has 74 valence electrons. The van der Waals surface area contributed by atoms with Gasteiger partial charge in [0.1, 0.15) is 0 Å². The van der Waals surface area contributed by atoms with E-state index < -0.39 is 0 Å². The maximum atomic E-state index is 9.85. The molecule has 0 spiro atoms. The van der Waals surface area contributed by atoms with E-state index in [1.807, 2.05) is 0 Å². The topological polar surface area (TPSA) is 20.2 Å². The van der Waals surface area contributed by atoms with Gasteiger partial charge >= 0.3 is 0 Å². The Kier molecular flexibility index (Phi) is 6.45. The van der Waals surface area contributed by atoms with Crippen molar-refractivity contribution in [3.8, 4) is 0 Å². The summed E-state index contributed by atoms with van der Waals surface area (Å²) in [7, 11) is 0. The van der Waals surface area contributed by atoms with Crippen LogP contribution in [0.1, 0.15) is 53.4 Å². The van der Waals surface area contributed by atoms with Gasteiger partial charge in [0.15, 0.2) is 0 Å². The van der Waals surface area contributed by atoms with E-state index >= 15 is 0 Å². The number of aliphatic hydroxyl groups is 1. The third kappa shape index (κ3) is 4.10. The van der Waals surface area contributed by atoms with E-state index in [1.165, 1.54) is 25.7 Å². The van der Waals surface area contributed by atoms with Gasteiger partial charge in [0.2, 0.25) is 0 Å². The van der Waals surface area contributed by atoms with E-state index in [9.17, 15) is 5.11 Å². The normalized spacial score (nSPS) is 14.2. The molecule has 0 aliphatic carbocycles. The Balaban J connectivity index is 3.89. The van der Waals surface area contributed by atoms with Gasteiger partial charge in [-0.15, -0.1) is 0 Å². The van der Waals surface area contributed by atoms with E-state index in [1.54, 1.807) is 0 Å². The lowest BCUT2D eigenvalue weighted by Crippen LogP contribution is -2.25. The van der Waals surface area contributed by atoms with Gasteiger partial charge in [-0.25, -0.2) is 0 Å². The number of aliphatic hydroxyl groups excluding tert-OH is 1. The molecule has 1 N–H and O–H groups in total. The molecule has 0 amide bonds. The van der Waals surface area contributed by atoms with Crippen molar-refractivity contribution < 1.29 is 5.11 Å². The van der Waals surface area contributed by atoms with E-state index in [0.717, 1.165) is 0 Å². The third-order valence-corrected chi connectivity index (χ3v) is 2.48. The fourth-order valence-electron chi connectivity index (χ4n) is 1.77. The highest BCUT2D eigenvalue weighted by Gasteiger charge is 2.19. The standard InChI is InChI=1S/C11H24O/c1-5-7-10(8-6-2)11(12)9(3)4/h9-12H,5-8H2,1-4H3. The van der Waals surface area contributed by atoms with Crippen LogP contribution in [0.25, 0.3) is 0 Å². The first-order valence-electron chi connectivity index (χ1n) is 5.31. The molecule has 0 aliphatic rings. The van der Waals surface area contributed by atoms with Crippen LogP contribution in [0.5, 0.6) is 0 Å². The Morgan fingerprint density at radius 3 is 1.67 bits per heavy atom. The Bertz CT molecular complexity index is 93.2. The Labute approximate surface area is 77.2 Å². The van der Waals surface area contributed by atoms with Crippen molar-refractivity contribution in [2.45, 2.75) is 59.5 Å². The quantitative estimate of drug-likeness (QED) is 0.652. The average molecular weight is 172 g/mol. The van der Waals surface area contributed by atoms with Crippen molar-refractivity contribution in [3.63, 3.8) is 0 Å². The van der Waals surface area contributed by atoms with Crippen molar-refractivity contribution in [1.29, 1.82) is 0 Å². The fraction of sp³-hybridized carbons (Fsp3) is 1.00. The molecule has 0 heterocycles. The van der Waals surface area contributed by atoms with Crippen molar-refractivity contribution in [2.75, 3.05) is 0 Å². The predicted octanol–water partition coefficient (Wildman–Crippen LogP) is 3.22. The predicted molar refractivity (Wildman–Crippen MR) is 54.2 cm³/mol. The summed E-state index contributed by atoms with van der Waals surface area (Å²) in [5, 5.41) is 9.85. The highest BCUT2D eigenvalue weighted by atomic mass is 16.3. The van der Waals surface area contributed by atoms with E-state index in [4.69, 9.17) is 0 Å². The minimum absolute atomic E-state index is 0.0927. The zero-order chi connectivity index (χ0) is 9.56. The molecule has 12 heavy (non-hydrogen) atoms. The van der Waals surface area contributed by atoms with Crippen LogP contribution in [-0.2, 0) is 0 Å². The molecule has 0 fully saturated rings. The van der Waals surface area contributed by atoms with Gasteiger partial charge in [0.25, 0.3) is 0 Å². The molecule has 0 radical (unpaired) electrons. The second-order valence-electron chi connectivity index (χ2n) is 4.07.